The third-order valence-electron chi connectivity index (χ3n) is 5.88. The first-order chi connectivity index (χ1) is 17.7. The molecule has 0 saturated carbocycles. The summed E-state index contributed by atoms with van der Waals surface area (Å²) in [4.78, 5) is 12.8. The number of carbonyl (C=O) groups is 1. The molecule has 0 unspecified atom stereocenters. The third kappa shape index (κ3) is 7.18. The molecule has 0 spiro atoms. The van der Waals surface area contributed by atoms with Crippen LogP contribution in [-0.4, -0.2) is 53.3 Å². The largest absolute Gasteiger partial charge is 0.452 e. The van der Waals surface area contributed by atoms with Gasteiger partial charge in [-0.3, -0.25) is 0 Å². The quantitative estimate of drug-likeness (QED) is 0.371. The van der Waals surface area contributed by atoms with Gasteiger partial charge in [0.25, 0.3) is 0 Å². The Morgan fingerprint density at radius 3 is 2.06 bits per heavy atom. The minimum Gasteiger partial charge on any atom is -0.452 e. The van der Waals surface area contributed by atoms with E-state index in [9.17, 15) is 9.90 Å². The number of hydrogen-bond donors (Lipinski definition) is 1. The summed E-state index contributed by atoms with van der Waals surface area (Å²) in [5, 5.41) is 11.4. The Hall–Kier alpha value is -2.68. The van der Waals surface area contributed by atoms with E-state index in [0.29, 0.717) is 12.2 Å². The highest BCUT2D eigenvalue weighted by atomic mass is 32.2. The lowest BCUT2D eigenvalue weighted by atomic mass is 9.99. The van der Waals surface area contributed by atoms with Crippen LogP contribution in [-0.2, 0) is 32.2 Å². The summed E-state index contributed by atoms with van der Waals surface area (Å²) in [6, 6.07) is 28.3. The summed E-state index contributed by atoms with van der Waals surface area (Å²) in [5.41, 5.74) is 1.88. The van der Waals surface area contributed by atoms with Gasteiger partial charge in [0.15, 0.2) is 6.10 Å². The molecule has 3 aromatic rings. The number of benzene rings is 3. The van der Waals surface area contributed by atoms with E-state index >= 15 is 0 Å². The Bertz CT molecular complexity index is 1050. The maximum Gasteiger partial charge on any atom is 0.338 e. The topological polar surface area (TPSA) is 74.2 Å². The first-order valence-corrected chi connectivity index (χ1v) is 13.2. The normalized spacial score (nSPS) is 23.8. The molecule has 0 amide bonds. The van der Waals surface area contributed by atoms with Crippen molar-refractivity contribution in [3.8, 4) is 0 Å². The second-order valence-electron chi connectivity index (χ2n) is 8.49. The van der Waals surface area contributed by atoms with E-state index in [-0.39, 0.29) is 13.2 Å². The SMILES string of the molecule is CCS[C@H]1O[C@H](COCc2ccccc2)[C@@H](OCc2ccccc2)[C@H](O)[C@H]1OC(=O)c1ccccc1. The van der Waals surface area contributed by atoms with E-state index < -0.39 is 35.8 Å². The van der Waals surface area contributed by atoms with E-state index in [0.717, 1.165) is 16.9 Å². The van der Waals surface area contributed by atoms with E-state index in [1.54, 1.807) is 24.3 Å². The van der Waals surface area contributed by atoms with Gasteiger partial charge >= 0.3 is 5.97 Å². The molecule has 0 aliphatic carbocycles. The van der Waals surface area contributed by atoms with Gasteiger partial charge in [0, 0.05) is 0 Å². The Morgan fingerprint density at radius 1 is 0.861 bits per heavy atom. The highest BCUT2D eigenvalue weighted by molar-refractivity contribution is 7.99. The van der Waals surface area contributed by atoms with Crippen molar-refractivity contribution >= 4 is 17.7 Å². The van der Waals surface area contributed by atoms with Gasteiger partial charge in [0.1, 0.15) is 23.7 Å². The minimum absolute atomic E-state index is 0.228. The average Bonchev–Trinajstić information content (AvgIpc) is 2.92. The van der Waals surface area contributed by atoms with Crippen LogP contribution in [0.15, 0.2) is 91.0 Å². The van der Waals surface area contributed by atoms with Crippen molar-refractivity contribution in [1.82, 2.24) is 0 Å². The summed E-state index contributed by atoms with van der Waals surface area (Å²) in [6.45, 7) is 2.92. The Kier molecular flexibility index (Phi) is 9.95. The van der Waals surface area contributed by atoms with Crippen molar-refractivity contribution < 1.29 is 28.8 Å². The van der Waals surface area contributed by atoms with E-state index in [1.807, 2.05) is 73.7 Å². The molecule has 1 fully saturated rings. The van der Waals surface area contributed by atoms with Crippen LogP contribution in [0, 0.1) is 0 Å². The molecule has 1 heterocycles. The maximum absolute atomic E-state index is 12.8. The van der Waals surface area contributed by atoms with E-state index in [4.69, 9.17) is 18.9 Å². The second kappa shape index (κ2) is 13.6. The molecular formula is C29H32O6S. The molecule has 1 saturated heterocycles. The monoisotopic (exact) mass is 508 g/mol. The molecule has 0 bridgehead atoms. The number of thioether (sulfide) groups is 1. The predicted octanol–water partition coefficient (Wildman–Crippen LogP) is 4.85. The standard InChI is InChI=1S/C29H32O6S/c1-2-36-29-27(35-28(31)23-16-10-5-11-17-23)25(30)26(33-19-22-14-8-4-9-15-22)24(34-29)20-32-18-21-12-6-3-7-13-21/h3-17,24-27,29-30H,2,18-20H2,1H3/t24-,25+,26-,27-,29-/m1/s1. The van der Waals surface area contributed by atoms with E-state index in [2.05, 4.69) is 0 Å². The molecule has 0 aromatic heterocycles. The molecule has 4 rings (SSSR count). The van der Waals surface area contributed by atoms with Gasteiger partial charge in [0.2, 0.25) is 0 Å². The molecule has 1 aliphatic heterocycles. The summed E-state index contributed by atoms with van der Waals surface area (Å²) in [7, 11) is 0. The van der Waals surface area contributed by atoms with Crippen molar-refractivity contribution in [3.63, 3.8) is 0 Å². The Balaban J connectivity index is 1.50. The number of esters is 1. The predicted molar refractivity (Wildman–Crippen MR) is 140 cm³/mol. The molecular weight excluding hydrogens is 476 g/mol. The van der Waals surface area contributed by atoms with E-state index in [1.165, 1.54) is 11.8 Å². The number of aliphatic hydroxyl groups excluding tert-OH is 1. The lowest BCUT2D eigenvalue weighted by Gasteiger charge is -2.43. The van der Waals surface area contributed by atoms with Gasteiger partial charge in [0.05, 0.1) is 25.4 Å². The molecule has 0 radical (unpaired) electrons. The van der Waals surface area contributed by atoms with Gasteiger partial charge in [-0.15, -0.1) is 11.8 Å². The van der Waals surface area contributed by atoms with Crippen LogP contribution in [0.25, 0.3) is 0 Å². The summed E-state index contributed by atoms with van der Waals surface area (Å²) >= 11 is 1.48. The second-order valence-corrected chi connectivity index (χ2v) is 9.86. The molecule has 1 N–H and O–H groups in total. The molecule has 5 atom stereocenters. The molecule has 190 valence electrons. The van der Waals surface area contributed by atoms with Crippen LogP contribution in [0.3, 0.4) is 0 Å². The zero-order valence-corrected chi connectivity index (χ0v) is 21.1. The highest BCUT2D eigenvalue weighted by Gasteiger charge is 2.48. The fourth-order valence-electron chi connectivity index (χ4n) is 4.06. The summed E-state index contributed by atoms with van der Waals surface area (Å²) in [6.07, 6.45) is -3.27. The van der Waals surface area contributed by atoms with Gasteiger partial charge in [-0.25, -0.2) is 4.79 Å². The number of carbonyl (C=O) groups excluding carboxylic acids is 1. The first kappa shape index (κ1) is 26.4. The lowest BCUT2D eigenvalue weighted by molar-refractivity contribution is -0.228. The average molecular weight is 509 g/mol. The fourth-order valence-corrected chi connectivity index (χ4v) is 5.01. The molecule has 6 nitrogen and oxygen atoms in total. The number of rotatable bonds is 11. The third-order valence-corrected chi connectivity index (χ3v) is 6.92. The smallest absolute Gasteiger partial charge is 0.338 e. The van der Waals surface area contributed by atoms with Crippen molar-refractivity contribution in [2.45, 2.75) is 50.0 Å². The first-order valence-electron chi connectivity index (χ1n) is 12.1. The zero-order valence-electron chi connectivity index (χ0n) is 20.3. The summed E-state index contributed by atoms with van der Waals surface area (Å²) < 4.78 is 24.3. The molecule has 3 aromatic carbocycles. The van der Waals surface area contributed by atoms with Crippen LogP contribution in [0.1, 0.15) is 28.4 Å². The number of hydrogen-bond acceptors (Lipinski definition) is 7. The van der Waals surface area contributed by atoms with Gasteiger partial charge in [-0.2, -0.15) is 0 Å². The highest BCUT2D eigenvalue weighted by Crippen LogP contribution is 2.33. The number of aliphatic hydroxyl groups is 1. The van der Waals surface area contributed by atoms with Crippen molar-refractivity contribution in [2.24, 2.45) is 0 Å². The Labute approximate surface area is 216 Å². The van der Waals surface area contributed by atoms with Crippen LogP contribution in [0.4, 0.5) is 0 Å². The minimum atomic E-state index is -1.09. The van der Waals surface area contributed by atoms with Crippen LogP contribution >= 0.6 is 11.8 Å². The number of ether oxygens (including phenoxy) is 4. The van der Waals surface area contributed by atoms with Crippen LogP contribution in [0.5, 0.6) is 0 Å². The molecule has 36 heavy (non-hydrogen) atoms. The Morgan fingerprint density at radius 2 is 1.44 bits per heavy atom. The summed E-state index contributed by atoms with van der Waals surface area (Å²) in [5.74, 6) is 0.217. The maximum atomic E-state index is 12.8. The van der Waals surface area contributed by atoms with Gasteiger partial charge in [-0.05, 0) is 29.0 Å². The molecule has 1 aliphatic rings. The van der Waals surface area contributed by atoms with Crippen molar-refractivity contribution in [1.29, 1.82) is 0 Å². The van der Waals surface area contributed by atoms with Gasteiger partial charge in [-0.1, -0.05) is 85.8 Å². The van der Waals surface area contributed by atoms with Crippen LogP contribution in [0.2, 0.25) is 0 Å². The van der Waals surface area contributed by atoms with Crippen LogP contribution < -0.4 is 0 Å². The zero-order chi connectivity index (χ0) is 25.2. The fraction of sp³-hybridized carbons (Fsp3) is 0.345. The lowest BCUT2D eigenvalue weighted by Crippen LogP contribution is -2.60. The van der Waals surface area contributed by atoms with Gasteiger partial charge < -0.3 is 24.1 Å². The molecule has 7 heteroatoms. The van der Waals surface area contributed by atoms with Crippen molar-refractivity contribution in [3.05, 3.63) is 108 Å². The van der Waals surface area contributed by atoms with Crippen molar-refractivity contribution in [2.75, 3.05) is 12.4 Å².